The van der Waals surface area contributed by atoms with Gasteiger partial charge in [0.2, 0.25) is 5.91 Å². The number of carboxylic acid groups (broad SMARTS) is 1. The lowest BCUT2D eigenvalue weighted by Crippen LogP contribution is -2.44. The van der Waals surface area contributed by atoms with Crippen LogP contribution in [0.25, 0.3) is 0 Å². The van der Waals surface area contributed by atoms with Gasteiger partial charge < -0.3 is 15.5 Å². The van der Waals surface area contributed by atoms with Crippen LogP contribution in [0.3, 0.4) is 0 Å². The third kappa shape index (κ3) is 4.73. The molecule has 0 aromatic carbocycles. The molecule has 0 aromatic heterocycles. The third-order valence-corrected chi connectivity index (χ3v) is 3.26. The summed E-state index contributed by atoms with van der Waals surface area (Å²) in [6.07, 6.45) is 6.14. The summed E-state index contributed by atoms with van der Waals surface area (Å²) < 4.78 is 0. The lowest BCUT2D eigenvalue weighted by molar-refractivity contribution is -0.143. The minimum atomic E-state index is -1.08. The van der Waals surface area contributed by atoms with E-state index in [4.69, 9.17) is 10.2 Å². The third-order valence-electron chi connectivity index (χ3n) is 3.26. The molecule has 1 fully saturated rings. The molecular formula is C12H21NO4. The lowest BCUT2D eigenvalue weighted by atomic mass is 9.99. The fraction of sp³-hybridized carbons (Fsp3) is 0.833. The molecule has 17 heavy (non-hydrogen) atoms. The molecule has 1 atom stereocenters. The highest BCUT2D eigenvalue weighted by molar-refractivity contribution is 5.84. The molecule has 0 spiro atoms. The molecule has 5 nitrogen and oxygen atoms in total. The molecule has 1 aliphatic rings. The molecule has 1 aliphatic carbocycles. The summed E-state index contributed by atoms with van der Waals surface area (Å²) in [5, 5.41) is 20.1. The fourth-order valence-corrected chi connectivity index (χ4v) is 2.22. The Morgan fingerprint density at radius 3 is 2.24 bits per heavy atom. The molecule has 0 unspecified atom stereocenters. The Morgan fingerprint density at radius 1 is 1.18 bits per heavy atom. The fourth-order valence-electron chi connectivity index (χ4n) is 2.22. The highest BCUT2D eigenvalue weighted by Crippen LogP contribution is 2.23. The summed E-state index contributed by atoms with van der Waals surface area (Å²) in [7, 11) is 0. The Kier molecular flexibility index (Phi) is 5.97. The maximum absolute atomic E-state index is 11.9. The van der Waals surface area contributed by atoms with E-state index in [1.165, 1.54) is 0 Å². The second kappa shape index (κ2) is 7.27. The average molecular weight is 243 g/mol. The van der Waals surface area contributed by atoms with Crippen LogP contribution in [0.15, 0.2) is 0 Å². The largest absolute Gasteiger partial charge is 0.480 e. The van der Waals surface area contributed by atoms with Crippen molar-refractivity contribution in [3.63, 3.8) is 0 Å². The average Bonchev–Trinajstić information content (AvgIpc) is 2.56. The Hall–Kier alpha value is -1.10. The summed E-state index contributed by atoms with van der Waals surface area (Å²) in [5.41, 5.74) is 0. The summed E-state index contributed by atoms with van der Waals surface area (Å²) in [6.45, 7) is -0.234. The molecule has 0 heterocycles. The van der Waals surface area contributed by atoms with Crippen LogP contribution in [-0.2, 0) is 9.59 Å². The first kappa shape index (κ1) is 14.0. The van der Waals surface area contributed by atoms with Gasteiger partial charge in [0.05, 0.1) is 0 Å². The molecule has 0 aromatic rings. The van der Waals surface area contributed by atoms with Crippen LogP contribution in [0.5, 0.6) is 0 Å². The Morgan fingerprint density at radius 2 is 1.76 bits per heavy atom. The van der Waals surface area contributed by atoms with Crippen molar-refractivity contribution in [3.8, 4) is 0 Å². The van der Waals surface area contributed by atoms with E-state index in [1.54, 1.807) is 0 Å². The molecule has 0 bridgehead atoms. The van der Waals surface area contributed by atoms with Crippen LogP contribution in [0.1, 0.15) is 44.9 Å². The number of carboxylic acids is 1. The van der Waals surface area contributed by atoms with E-state index < -0.39 is 12.0 Å². The van der Waals surface area contributed by atoms with Crippen LogP contribution >= 0.6 is 0 Å². The zero-order valence-corrected chi connectivity index (χ0v) is 10.0. The summed E-state index contributed by atoms with van der Waals surface area (Å²) in [6, 6.07) is -0.962. The van der Waals surface area contributed by atoms with Crippen LogP contribution in [0.4, 0.5) is 0 Å². The number of aliphatic hydroxyl groups excluding tert-OH is 1. The quantitative estimate of drug-likeness (QED) is 0.626. The van der Waals surface area contributed by atoms with Crippen LogP contribution in [0.2, 0.25) is 0 Å². The molecule has 98 valence electrons. The predicted octanol–water partition coefficient (Wildman–Crippen LogP) is 0.909. The normalized spacial score (nSPS) is 19.4. The summed E-state index contributed by atoms with van der Waals surface area (Å²) >= 11 is 0. The zero-order chi connectivity index (χ0) is 12.7. The predicted molar refractivity (Wildman–Crippen MR) is 62.5 cm³/mol. The minimum absolute atomic E-state index is 0.0574. The second-order valence-electron chi connectivity index (χ2n) is 4.60. The van der Waals surface area contributed by atoms with Gasteiger partial charge in [-0.1, -0.05) is 25.7 Å². The van der Waals surface area contributed by atoms with Crippen molar-refractivity contribution in [1.82, 2.24) is 5.32 Å². The van der Waals surface area contributed by atoms with E-state index >= 15 is 0 Å². The van der Waals surface area contributed by atoms with E-state index in [2.05, 4.69) is 5.32 Å². The number of rotatable bonds is 5. The van der Waals surface area contributed by atoms with E-state index in [-0.39, 0.29) is 24.9 Å². The van der Waals surface area contributed by atoms with Crippen molar-refractivity contribution < 1.29 is 19.8 Å². The number of carbonyl (C=O) groups excluding carboxylic acids is 1. The van der Waals surface area contributed by atoms with Gasteiger partial charge in [0.1, 0.15) is 6.04 Å². The number of amides is 1. The molecule has 3 N–H and O–H groups in total. The van der Waals surface area contributed by atoms with Gasteiger partial charge in [-0.15, -0.1) is 0 Å². The molecule has 0 aliphatic heterocycles. The zero-order valence-electron chi connectivity index (χ0n) is 10.0. The smallest absolute Gasteiger partial charge is 0.326 e. The Labute approximate surface area is 101 Å². The van der Waals surface area contributed by atoms with Crippen molar-refractivity contribution in [2.75, 3.05) is 6.61 Å². The maximum Gasteiger partial charge on any atom is 0.326 e. The van der Waals surface area contributed by atoms with E-state index in [0.29, 0.717) is 0 Å². The first-order chi connectivity index (χ1) is 8.15. The topological polar surface area (TPSA) is 86.6 Å². The number of aliphatic hydroxyl groups is 1. The van der Waals surface area contributed by atoms with E-state index in [9.17, 15) is 9.59 Å². The number of hydrogen-bond acceptors (Lipinski definition) is 3. The number of aliphatic carboxylic acids is 1. The molecular weight excluding hydrogens is 222 g/mol. The van der Waals surface area contributed by atoms with Gasteiger partial charge in [-0.25, -0.2) is 4.79 Å². The molecule has 0 radical (unpaired) electrons. The van der Waals surface area contributed by atoms with Crippen LogP contribution in [-0.4, -0.2) is 34.7 Å². The van der Waals surface area contributed by atoms with Gasteiger partial charge in [-0.3, -0.25) is 4.79 Å². The van der Waals surface area contributed by atoms with Crippen molar-refractivity contribution in [2.45, 2.75) is 51.0 Å². The molecule has 1 amide bonds. The molecule has 5 heteroatoms. The second-order valence-corrected chi connectivity index (χ2v) is 4.60. The van der Waals surface area contributed by atoms with Gasteiger partial charge in [0.25, 0.3) is 0 Å². The van der Waals surface area contributed by atoms with E-state index in [0.717, 1.165) is 38.5 Å². The highest BCUT2D eigenvalue weighted by atomic mass is 16.4. The monoisotopic (exact) mass is 243 g/mol. The van der Waals surface area contributed by atoms with Gasteiger partial charge in [-0.2, -0.15) is 0 Å². The minimum Gasteiger partial charge on any atom is -0.480 e. The van der Waals surface area contributed by atoms with Gasteiger partial charge in [0.15, 0.2) is 0 Å². The molecule has 0 saturated heterocycles. The highest BCUT2D eigenvalue weighted by Gasteiger charge is 2.25. The lowest BCUT2D eigenvalue weighted by Gasteiger charge is -2.18. The molecule has 1 saturated carbocycles. The van der Waals surface area contributed by atoms with Crippen molar-refractivity contribution in [1.29, 1.82) is 0 Å². The van der Waals surface area contributed by atoms with Crippen LogP contribution < -0.4 is 5.32 Å². The Balaban J connectivity index is 2.47. The summed E-state index contributed by atoms with van der Waals surface area (Å²) in [4.78, 5) is 22.7. The number of hydrogen-bond donors (Lipinski definition) is 3. The first-order valence-electron chi connectivity index (χ1n) is 6.29. The van der Waals surface area contributed by atoms with Crippen molar-refractivity contribution >= 4 is 11.9 Å². The standard InChI is InChI=1S/C12H21NO4/c14-8-7-10(12(16)17)13-11(15)9-5-3-1-2-4-6-9/h9-10,14H,1-8H2,(H,13,15)(H,16,17)/t10-/m0/s1. The van der Waals surface area contributed by atoms with Crippen molar-refractivity contribution in [2.24, 2.45) is 5.92 Å². The number of nitrogens with one attached hydrogen (secondary N) is 1. The van der Waals surface area contributed by atoms with Gasteiger partial charge in [0, 0.05) is 18.9 Å². The van der Waals surface area contributed by atoms with Crippen LogP contribution in [0, 0.1) is 5.92 Å². The first-order valence-corrected chi connectivity index (χ1v) is 6.29. The Bertz CT molecular complexity index is 259. The maximum atomic E-state index is 11.9. The van der Waals surface area contributed by atoms with Crippen molar-refractivity contribution in [3.05, 3.63) is 0 Å². The molecule has 1 rings (SSSR count). The number of carbonyl (C=O) groups is 2. The summed E-state index contributed by atoms with van der Waals surface area (Å²) in [5.74, 6) is -1.31. The SMILES string of the molecule is O=C(N[C@@H](CCO)C(=O)O)C1CCCCCC1. The van der Waals surface area contributed by atoms with Gasteiger partial charge in [-0.05, 0) is 12.8 Å². The van der Waals surface area contributed by atoms with E-state index in [1.807, 2.05) is 0 Å². The van der Waals surface area contributed by atoms with Gasteiger partial charge >= 0.3 is 5.97 Å².